The summed E-state index contributed by atoms with van der Waals surface area (Å²) >= 11 is 0. The minimum Gasteiger partial charge on any atom is -0.378 e. The third-order valence-electron chi connectivity index (χ3n) is 12.5. The van der Waals surface area contributed by atoms with Crippen molar-refractivity contribution < 1.29 is 49.0 Å². The molecular weight excluding hydrogens is 803 g/mol. The maximum absolute atomic E-state index is 14.3. The van der Waals surface area contributed by atoms with E-state index < -0.39 is 48.3 Å². The van der Waals surface area contributed by atoms with Crippen LogP contribution in [0.4, 0.5) is 57.0 Å². The van der Waals surface area contributed by atoms with E-state index in [1.165, 1.54) is 17.3 Å². The van der Waals surface area contributed by atoms with Crippen LogP contribution in [0.15, 0.2) is 73.2 Å². The van der Waals surface area contributed by atoms with E-state index in [1.54, 1.807) is 0 Å². The Bertz CT molecular complexity index is 2050. The molecule has 2 saturated heterocycles. The molecule has 0 bridgehead atoms. The minimum absolute atomic E-state index is 0.0249. The number of benzene rings is 2. The highest BCUT2D eigenvalue weighted by molar-refractivity contribution is 5.53. The van der Waals surface area contributed by atoms with Crippen molar-refractivity contribution >= 4 is 17.5 Å². The average molecular weight is 849 g/mol. The summed E-state index contributed by atoms with van der Waals surface area (Å²) in [6.07, 6.45) is -4.74. The van der Waals surface area contributed by atoms with Gasteiger partial charge in [0.05, 0.1) is 60.7 Å². The topological polar surface area (TPSA) is 66.9 Å². The molecule has 2 saturated carbocycles. The van der Waals surface area contributed by atoms with Gasteiger partial charge in [-0.1, -0.05) is 30.3 Å². The summed E-state index contributed by atoms with van der Waals surface area (Å²) in [5.41, 5.74) is -2.47. The molecule has 4 aromatic rings. The summed E-state index contributed by atoms with van der Waals surface area (Å²) in [7, 11) is 0. The molecule has 60 heavy (non-hydrogen) atoms. The van der Waals surface area contributed by atoms with Gasteiger partial charge in [0.15, 0.2) is 0 Å². The molecule has 0 amide bonds. The van der Waals surface area contributed by atoms with Gasteiger partial charge in [-0.25, -0.2) is 15.0 Å². The highest BCUT2D eigenvalue weighted by Gasteiger charge is 2.57. The predicted octanol–water partition coefficient (Wildman–Crippen LogP) is 10.1. The second kappa shape index (κ2) is 16.7. The van der Waals surface area contributed by atoms with E-state index in [4.69, 9.17) is 9.47 Å². The van der Waals surface area contributed by atoms with Crippen molar-refractivity contribution in [3.8, 4) is 0 Å². The molecule has 17 heteroatoms. The highest BCUT2D eigenvalue weighted by atomic mass is 19.4. The van der Waals surface area contributed by atoms with Crippen molar-refractivity contribution in [1.82, 2.24) is 15.0 Å². The van der Waals surface area contributed by atoms with E-state index in [0.717, 1.165) is 62.8 Å². The summed E-state index contributed by atoms with van der Waals surface area (Å²) in [5, 5.41) is 0. The molecule has 322 valence electrons. The first-order valence-electron chi connectivity index (χ1n) is 20.2. The Morgan fingerprint density at radius 3 is 2.00 bits per heavy atom. The molecule has 4 aliphatic rings. The number of rotatable bonds is 11. The van der Waals surface area contributed by atoms with E-state index in [9.17, 15) is 39.5 Å². The van der Waals surface area contributed by atoms with Gasteiger partial charge in [-0.05, 0) is 91.7 Å². The number of halogens is 9. The van der Waals surface area contributed by atoms with Crippen molar-refractivity contribution in [2.45, 2.75) is 95.3 Å². The first kappa shape index (κ1) is 42.1. The number of nitrogens with zero attached hydrogens (tertiary/aromatic N) is 6. The lowest BCUT2D eigenvalue weighted by Gasteiger charge is -2.38. The van der Waals surface area contributed by atoms with Crippen molar-refractivity contribution in [3.63, 3.8) is 0 Å². The number of pyridine rings is 1. The van der Waals surface area contributed by atoms with Crippen LogP contribution in [-0.4, -0.2) is 59.9 Å². The van der Waals surface area contributed by atoms with Crippen LogP contribution in [0.3, 0.4) is 0 Å². The summed E-state index contributed by atoms with van der Waals surface area (Å²) in [6.45, 7) is 2.09. The van der Waals surface area contributed by atoms with Gasteiger partial charge in [0.1, 0.15) is 5.82 Å². The summed E-state index contributed by atoms with van der Waals surface area (Å²) < 4.78 is 138. The number of hydrogen-bond acceptors (Lipinski definition) is 8. The van der Waals surface area contributed by atoms with Gasteiger partial charge in [-0.15, -0.1) is 0 Å². The van der Waals surface area contributed by atoms with Gasteiger partial charge in [0.2, 0.25) is 5.95 Å². The van der Waals surface area contributed by atoms with Crippen LogP contribution in [0.5, 0.6) is 0 Å². The lowest BCUT2D eigenvalue weighted by Crippen LogP contribution is -2.39. The zero-order valence-electron chi connectivity index (χ0n) is 32.7. The van der Waals surface area contributed by atoms with Crippen molar-refractivity contribution in [2.24, 2.45) is 11.3 Å². The lowest BCUT2D eigenvalue weighted by atomic mass is 9.75. The monoisotopic (exact) mass is 848 g/mol. The fourth-order valence-electron chi connectivity index (χ4n) is 9.22. The molecule has 0 unspecified atom stereocenters. The first-order chi connectivity index (χ1) is 28.6. The van der Waals surface area contributed by atoms with Crippen molar-refractivity contribution in [1.29, 1.82) is 0 Å². The second-order valence-electron chi connectivity index (χ2n) is 16.4. The third kappa shape index (κ3) is 9.46. The van der Waals surface area contributed by atoms with Crippen LogP contribution in [0.2, 0.25) is 0 Å². The standard InChI is InChI=1S/C43H45F9N6O2/c44-41(45,46)32-17-29(18-33(20-32)42(47,48)49)25-57(39-54-23-35(24-55-39)56-13-15-59-16-14-56)26-31-19-34(43(50,51)52)22-53-38(31)58-12-4-7-36(58)30-8-10-40(11-9-30)21-37(40)60-27-28-5-2-1-3-6-28/h1-3,5-6,17-20,22-24,30,36-37H,4,7-16,21,25-27H2/t30?,36-,37-,40?/m1/s1. The normalized spacial score (nSPS) is 23.6. The van der Waals surface area contributed by atoms with Crippen LogP contribution in [-0.2, 0) is 47.7 Å². The maximum atomic E-state index is 14.3. The summed E-state index contributed by atoms with van der Waals surface area (Å²) in [4.78, 5) is 18.6. The Morgan fingerprint density at radius 2 is 1.37 bits per heavy atom. The van der Waals surface area contributed by atoms with Crippen LogP contribution in [0, 0.1) is 11.3 Å². The van der Waals surface area contributed by atoms with E-state index in [-0.39, 0.29) is 52.4 Å². The van der Waals surface area contributed by atoms with Crippen LogP contribution in [0.1, 0.15) is 78.3 Å². The lowest BCUT2D eigenvalue weighted by molar-refractivity contribution is -0.143. The largest absolute Gasteiger partial charge is 0.417 e. The number of anilines is 3. The molecule has 4 fully saturated rings. The smallest absolute Gasteiger partial charge is 0.378 e. The molecule has 8 nitrogen and oxygen atoms in total. The summed E-state index contributed by atoms with van der Waals surface area (Å²) in [6, 6.07) is 12.2. The molecule has 0 radical (unpaired) electrons. The van der Waals surface area contributed by atoms with E-state index in [1.807, 2.05) is 40.1 Å². The Kier molecular flexibility index (Phi) is 11.7. The van der Waals surface area contributed by atoms with Gasteiger partial charge in [0.25, 0.3) is 0 Å². The highest BCUT2D eigenvalue weighted by Crippen LogP contribution is 2.60. The van der Waals surface area contributed by atoms with E-state index >= 15 is 0 Å². The molecule has 0 N–H and O–H groups in total. The van der Waals surface area contributed by atoms with Crippen molar-refractivity contribution in [3.05, 3.63) is 107 Å². The molecule has 8 rings (SSSR count). The van der Waals surface area contributed by atoms with Crippen molar-refractivity contribution in [2.75, 3.05) is 47.5 Å². The van der Waals surface area contributed by atoms with Crippen LogP contribution >= 0.6 is 0 Å². The molecule has 1 spiro atoms. The van der Waals surface area contributed by atoms with Gasteiger partial charge in [-0.3, -0.25) is 0 Å². The van der Waals surface area contributed by atoms with Gasteiger partial charge in [-0.2, -0.15) is 39.5 Å². The molecule has 2 aliphatic carbocycles. The first-order valence-corrected chi connectivity index (χ1v) is 20.2. The SMILES string of the molecule is FC(F)(F)c1cc(CN(Cc2cc(C(F)(F)F)cnc2N2CCC[C@@H]2C2CCC3(CC2)C[C@H]3OCc2ccccc2)c2ncc(N3CCOCC3)cn2)cc(C(F)(F)F)c1. The Hall–Kier alpha value is -4.64. The number of ether oxygens (including phenoxy) is 2. The Morgan fingerprint density at radius 1 is 0.717 bits per heavy atom. The fraction of sp³-hybridized carbons (Fsp3) is 0.512. The summed E-state index contributed by atoms with van der Waals surface area (Å²) in [5.74, 6) is 0.435. The maximum Gasteiger partial charge on any atom is 0.417 e. The minimum atomic E-state index is -5.10. The Labute approximate surface area is 341 Å². The number of alkyl halides is 9. The molecule has 4 heterocycles. The third-order valence-corrected chi connectivity index (χ3v) is 12.5. The quantitative estimate of drug-likeness (QED) is 0.138. The van der Waals surface area contributed by atoms with Gasteiger partial charge in [0, 0.05) is 50.5 Å². The molecular formula is C43H45F9N6O2. The zero-order valence-corrected chi connectivity index (χ0v) is 32.7. The number of hydrogen-bond donors (Lipinski definition) is 0. The van der Waals surface area contributed by atoms with E-state index in [2.05, 4.69) is 15.0 Å². The molecule has 2 aromatic carbocycles. The van der Waals surface area contributed by atoms with Crippen LogP contribution < -0.4 is 14.7 Å². The number of aromatic nitrogens is 3. The number of morpholine rings is 1. The zero-order chi connectivity index (χ0) is 42.3. The Balaban J connectivity index is 1.08. The second-order valence-corrected chi connectivity index (χ2v) is 16.4. The molecule has 2 aromatic heterocycles. The molecule has 2 aliphatic heterocycles. The predicted molar refractivity (Wildman–Crippen MR) is 205 cm³/mol. The average Bonchev–Trinajstić information content (AvgIpc) is 3.65. The van der Waals surface area contributed by atoms with E-state index in [0.29, 0.717) is 57.3 Å². The van der Waals surface area contributed by atoms with Crippen LogP contribution in [0.25, 0.3) is 0 Å². The van der Waals surface area contributed by atoms with Gasteiger partial charge < -0.3 is 24.2 Å². The van der Waals surface area contributed by atoms with Gasteiger partial charge >= 0.3 is 18.5 Å². The molecule has 2 atom stereocenters. The fourth-order valence-corrected chi connectivity index (χ4v) is 9.22.